The predicted octanol–water partition coefficient (Wildman–Crippen LogP) is -0.0789. The maximum atomic E-state index is 11.6. The third-order valence-corrected chi connectivity index (χ3v) is 2.12. The zero-order valence-corrected chi connectivity index (χ0v) is 9.79. The summed E-state index contributed by atoms with van der Waals surface area (Å²) in [6.07, 6.45) is 1.25. The topological polar surface area (TPSA) is 123 Å². The minimum absolute atomic E-state index is 0.119. The predicted molar refractivity (Wildman–Crippen MR) is 65.5 cm³/mol. The van der Waals surface area contributed by atoms with E-state index in [4.69, 9.17) is 10.5 Å². The van der Waals surface area contributed by atoms with Crippen LogP contribution in [0.25, 0.3) is 0 Å². The molecule has 4 N–H and O–H groups in total. The number of primary amides is 1. The Kier molecular flexibility index (Phi) is 3.72. The number of ether oxygens (including phenoxy) is 1. The zero-order chi connectivity index (χ0) is 13.7. The van der Waals surface area contributed by atoms with Crippen LogP contribution in [0, 0.1) is 0 Å². The van der Waals surface area contributed by atoms with Crippen molar-refractivity contribution in [1.29, 1.82) is 0 Å². The van der Waals surface area contributed by atoms with Gasteiger partial charge in [-0.2, -0.15) is 5.10 Å². The Balaban J connectivity index is 1.95. The van der Waals surface area contributed by atoms with Gasteiger partial charge in [0, 0.05) is 5.69 Å². The van der Waals surface area contributed by atoms with Crippen molar-refractivity contribution in [2.75, 3.05) is 11.9 Å². The molecule has 0 fully saturated rings. The second-order valence-corrected chi connectivity index (χ2v) is 3.57. The van der Waals surface area contributed by atoms with Gasteiger partial charge in [-0.3, -0.25) is 14.7 Å². The van der Waals surface area contributed by atoms with Gasteiger partial charge in [0.1, 0.15) is 12.1 Å². The lowest BCUT2D eigenvalue weighted by atomic mass is 10.3. The van der Waals surface area contributed by atoms with Crippen LogP contribution in [0.3, 0.4) is 0 Å². The van der Waals surface area contributed by atoms with E-state index in [9.17, 15) is 9.59 Å². The second kappa shape index (κ2) is 5.63. The maximum absolute atomic E-state index is 11.6. The van der Waals surface area contributed by atoms with E-state index in [1.807, 2.05) is 0 Å². The van der Waals surface area contributed by atoms with Crippen LogP contribution in [-0.4, -0.2) is 33.6 Å². The Morgan fingerprint density at radius 3 is 2.63 bits per heavy atom. The molecule has 98 valence electrons. The summed E-state index contributed by atoms with van der Waals surface area (Å²) in [4.78, 5) is 25.9. The van der Waals surface area contributed by atoms with Crippen LogP contribution in [0.4, 0.5) is 5.69 Å². The highest BCUT2D eigenvalue weighted by molar-refractivity contribution is 6.01. The smallest absolute Gasteiger partial charge is 0.292 e. The highest BCUT2D eigenvalue weighted by atomic mass is 16.5. The average molecular weight is 261 g/mol. The number of benzene rings is 1. The molecule has 0 saturated carbocycles. The van der Waals surface area contributed by atoms with Crippen molar-refractivity contribution in [3.05, 3.63) is 36.4 Å². The van der Waals surface area contributed by atoms with Crippen molar-refractivity contribution in [2.45, 2.75) is 0 Å². The number of H-pyrrole nitrogens is 1. The molecule has 0 aliphatic carbocycles. The maximum Gasteiger partial charge on any atom is 0.292 e. The molecule has 2 rings (SSSR count). The molecule has 8 nitrogen and oxygen atoms in total. The number of nitrogens with two attached hydrogens (primary N) is 1. The number of carbonyl (C=O) groups excluding carboxylic acids is 2. The highest BCUT2D eigenvalue weighted by Gasteiger charge is 2.08. The SMILES string of the molecule is NC(=O)COc1ccc(NC(=O)c2ncn[nH]2)cc1. The number of carbonyl (C=O) groups is 2. The molecule has 0 bridgehead atoms. The molecule has 2 aromatic rings. The summed E-state index contributed by atoms with van der Waals surface area (Å²) < 4.78 is 5.08. The van der Waals surface area contributed by atoms with Crippen LogP contribution >= 0.6 is 0 Å². The molecule has 0 atom stereocenters. The fourth-order valence-electron chi connectivity index (χ4n) is 1.29. The van der Waals surface area contributed by atoms with Crippen LogP contribution in [0.1, 0.15) is 10.6 Å². The number of nitrogens with one attached hydrogen (secondary N) is 2. The van der Waals surface area contributed by atoms with E-state index < -0.39 is 11.8 Å². The first-order chi connectivity index (χ1) is 9.15. The minimum atomic E-state index is -0.553. The lowest BCUT2D eigenvalue weighted by Crippen LogP contribution is -2.20. The number of nitrogens with zero attached hydrogens (tertiary/aromatic N) is 2. The molecule has 0 spiro atoms. The fourth-order valence-corrected chi connectivity index (χ4v) is 1.29. The standard InChI is InChI=1S/C11H11N5O3/c12-9(17)5-19-8-3-1-7(2-4-8)15-11(18)10-13-6-14-16-10/h1-4,6H,5H2,(H2,12,17)(H,15,18)(H,13,14,16). The number of anilines is 1. The Labute approximate surface area is 108 Å². The summed E-state index contributed by atoms with van der Waals surface area (Å²) >= 11 is 0. The number of hydrogen-bond acceptors (Lipinski definition) is 5. The van der Waals surface area contributed by atoms with Gasteiger partial charge in [0.25, 0.3) is 11.8 Å². The van der Waals surface area contributed by atoms with Crippen molar-refractivity contribution < 1.29 is 14.3 Å². The third-order valence-electron chi connectivity index (χ3n) is 2.12. The van der Waals surface area contributed by atoms with Crippen molar-refractivity contribution in [1.82, 2.24) is 15.2 Å². The molecule has 0 unspecified atom stereocenters. The van der Waals surface area contributed by atoms with Crippen molar-refractivity contribution in [3.8, 4) is 5.75 Å². The molecule has 19 heavy (non-hydrogen) atoms. The van der Waals surface area contributed by atoms with Crippen molar-refractivity contribution in [3.63, 3.8) is 0 Å². The van der Waals surface area contributed by atoms with Gasteiger partial charge in [0.2, 0.25) is 5.82 Å². The summed E-state index contributed by atoms with van der Waals surface area (Å²) in [5, 5.41) is 8.65. The van der Waals surface area contributed by atoms with E-state index in [2.05, 4.69) is 20.5 Å². The van der Waals surface area contributed by atoms with Crippen LogP contribution in [-0.2, 0) is 4.79 Å². The molecule has 0 radical (unpaired) electrons. The van der Waals surface area contributed by atoms with E-state index in [-0.39, 0.29) is 12.4 Å². The summed E-state index contributed by atoms with van der Waals surface area (Å²) in [6.45, 7) is -0.191. The normalized spacial score (nSPS) is 9.89. The van der Waals surface area contributed by atoms with E-state index >= 15 is 0 Å². The van der Waals surface area contributed by atoms with Gasteiger partial charge in [-0.15, -0.1) is 0 Å². The summed E-state index contributed by atoms with van der Waals surface area (Å²) in [6, 6.07) is 6.48. The fraction of sp³-hybridized carbons (Fsp3) is 0.0909. The summed E-state index contributed by atoms with van der Waals surface area (Å²) in [7, 11) is 0. The molecule has 1 aromatic carbocycles. The first-order valence-electron chi connectivity index (χ1n) is 5.33. The molecule has 2 amide bonds. The Morgan fingerprint density at radius 1 is 1.32 bits per heavy atom. The first kappa shape index (κ1) is 12.6. The molecule has 1 heterocycles. The van der Waals surface area contributed by atoms with Crippen LogP contribution in [0.15, 0.2) is 30.6 Å². The summed E-state index contributed by atoms with van der Waals surface area (Å²) in [5.41, 5.74) is 5.52. The summed E-state index contributed by atoms with van der Waals surface area (Å²) in [5.74, 6) is -0.350. The largest absolute Gasteiger partial charge is 0.484 e. The molecule has 0 aliphatic rings. The van der Waals surface area contributed by atoms with Gasteiger partial charge in [0.05, 0.1) is 0 Å². The van der Waals surface area contributed by atoms with E-state index in [0.717, 1.165) is 0 Å². The van der Waals surface area contributed by atoms with Gasteiger partial charge in [-0.05, 0) is 24.3 Å². The molecule has 0 saturated heterocycles. The van der Waals surface area contributed by atoms with E-state index in [1.165, 1.54) is 6.33 Å². The molecule has 8 heteroatoms. The van der Waals surface area contributed by atoms with Gasteiger partial charge >= 0.3 is 0 Å². The molecule has 0 aliphatic heterocycles. The minimum Gasteiger partial charge on any atom is -0.484 e. The van der Waals surface area contributed by atoms with E-state index in [0.29, 0.717) is 11.4 Å². The lowest BCUT2D eigenvalue weighted by Gasteiger charge is -2.06. The van der Waals surface area contributed by atoms with Crippen LogP contribution in [0.5, 0.6) is 5.75 Å². The zero-order valence-electron chi connectivity index (χ0n) is 9.79. The number of aromatic amines is 1. The Hall–Kier alpha value is -2.90. The second-order valence-electron chi connectivity index (χ2n) is 3.57. The Morgan fingerprint density at radius 2 is 2.05 bits per heavy atom. The number of amides is 2. The first-order valence-corrected chi connectivity index (χ1v) is 5.33. The van der Waals surface area contributed by atoms with Gasteiger partial charge in [-0.1, -0.05) is 0 Å². The average Bonchev–Trinajstić information content (AvgIpc) is 2.92. The van der Waals surface area contributed by atoms with Gasteiger partial charge in [-0.25, -0.2) is 4.98 Å². The highest BCUT2D eigenvalue weighted by Crippen LogP contribution is 2.15. The van der Waals surface area contributed by atoms with E-state index in [1.54, 1.807) is 24.3 Å². The lowest BCUT2D eigenvalue weighted by molar-refractivity contribution is -0.119. The third kappa shape index (κ3) is 3.53. The van der Waals surface area contributed by atoms with Crippen molar-refractivity contribution in [2.24, 2.45) is 5.73 Å². The Bertz CT molecular complexity index is 565. The van der Waals surface area contributed by atoms with Gasteiger partial charge in [0.15, 0.2) is 6.61 Å². The van der Waals surface area contributed by atoms with Gasteiger partial charge < -0.3 is 15.8 Å². The van der Waals surface area contributed by atoms with Crippen LogP contribution < -0.4 is 15.8 Å². The quantitative estimate of drug-likeness (QED) is 0.694. The molecule has 1 aromatic heterocycles. The number of rotatable bonds is 5. The number of aromatic nitrogens is 3. The monoisotopic (exact) mass is 261 g/mol. The molecular formula is C11H11N5O3. The van der Waals surface area contributed by atoms with Crippen molar-refractivity contribution >= 4 is 17.5 Å². The molecular weight excluding hydrogens is 250 g/mol. The van der Waals surface area contributed by atoms with Crippen LogP contribution in [0.2, 0.25) is 0 Å². The number of hydrogen-bond donors (Lipinski definition) is 3.